The third-order valence-electron chi connectivity index (χ3n) is 8.50. The number of likely N-dealkylation sites (tertiary alicyclic amines) is 1. The van der Waals surface area contributed by atoms with Crippen molar-refractivity contribution < 1.29 is 13.6 Å². The van der Waals surface area contributed by atoms with Gasteiger partial charge in [0, 0.05) is 54.7 Å². The van der Waals surface area contributed by atoms with Gasteiger partial charge in [-0.15, -0.1) is 11.3 Å². The van der Waals surface area contributed by atoms with Crippen molar-refractivity contribution in [3.05, 3.63) is 59.1 Å². The molecule has 4 aromatic heterocycles. The van der Waals surface area contributed by atoms with E-state index in [-0.39, 0.29) is 34.5 Å². The third kappa shape index (κ3) is 2.69. The number of carbonyl (C=O) groups is 1. The van der Waals surface area contributed by atoms with Crippen LogP contribution in [0.3, 0.4) is 0 Å². The van der Waals surface area contributed by atoms with Gasteiger partial charge in [0.1, 0.15) is 5.82 Å². The zero-order valence-electron chi connectivity index (χ0n) is 20.3. The fourth-order valence-electron chi connectivity index (χ4n) is 6.85. The summed E-state index contributed by atoms with van der Waals surface area (Å²) in [7, 11) is 1.88. The Bertz CT molecular complexity index is 1620. The number of fused-ring (bicyclic) bond motifs is 1. The number of thiazole rings is 1. The molecule has 2 aliphatic heterocycles. The Kier molecular flexibility index (Phi) is 4.11. The van der Waals surface area contributed by atoms with Gasteiger partial charge in [-0.25, -0.2) is 28.7 Å². The van der Waals surface area contributed by atoms with Crippen LogP contribution in [0.4, 0.5) is 25.7 Å². The maximum Gasteiger partial charge on any atom is 0.266 e. The number of pyridine rings is 1. The van der Waals surface area contributed by atoms with Gasteiger partial charge in [0.15, 0.2) is 5.13 Å². The molecule has 2 saturated heterocycles. The van der Waals surface area contributed by atoms with Crippen LogP contribution in [-0.4, -0.2) is 64.7 Å². The fourth-order valence-corrected chi connectivity index (χ4v) is 7.56. The number of hydrogen-bond acceptors (Lipinski definition) is 9. The fraction of sp³-hybridized carbons (Fsp3) is 0.360. The van der Waals surface area contributed by atoms with Crippen molar-refractivity contribution in [3.8, 4) is 11.3 Å². The van der Waals surface area contributed by atoms with E-state index >= 15 is 0 Å². The molecule has 2 aliphatic carbocycles. The van der Waals surface area contributed by atoms with Gasteiger partial charge in [-0.2, -0.15) is 5.10 Å². The molecule has 8 rings (SSSR count). The summed E-state index contributed by atoms with van der Waals surface area (Å²) >= 11 is 1.48. The van der Waals surface area contributed by atoms with E-state index in [4.69, 9.17) is 0 Å². The number of carbonyl (C=O) groups excluding carboxylic acids is 1. The van der Waals surface area contributed by atoms with Gasteiger partial charge >= 0.3 is 0 Å². The standard InChI is InChI=1S/C25H21F2N9OS/c1-12-15(8-34(2)33-12)16-9-38-23(31-16)32-17-4-3-13(5-28-17)21(37)36-19-18-25(19)10-24(25,36)11-35(18)22-29-6-14(7-30-22)20(26)27/h3-9,18-20H,10-11H2,1-2H3,(H,28,31,32)/t18?,19-,24-,25?/m0/s1. The van der Waals surface area contributed by atoms with E-state index in [1.807, 2.05) is 30.4 Å². The zero-order chi connectivity index (χ0) is 26.0. The molecule has 1 N–H and O–H groups in total. The Labute approximate surface area is 219 Å². The Morgan fingerprint density at radius 3 is 2.63 bits per heavy atom. The highest BCUT2D eigenvalue weighted by Crippen LogP contribution is 2.91. The van der Waals surface area contributed by atoms with Crippen molar-refractivity contribution >= 4 is 34.1 Å². The first-order valence-corrected chi connectivity index (χ1v) is 13.1. The number of nitrogens with zero attached hydrogens (tertiary/aromatic N) is 8. The van der Waals surface area contributed by atoms with Crippen LogP contribution in [0, 0.1) is 12.3 Å². The van der Waals surface area contributed by atoms with E-state index in [9.17, 15) is 13.6 Å². The number of piperidine rings is 3. The zero-order valence-corrected chi connectivity index (χ0v) is 21.2. The summed E-state index contributed by atoms with van der Waals surface area (Å²) < 4.78 is 27.5. The topological polar surface area (TPSA) is 105 Å². The second-order valence-corrected chi connectivity index (χ2v) is 11.3. The number of nitrogens with one attached hydrogen (secondary N) is 1. The molecule has 13 heteroatoms. The Balaban J connectivity index is 0.951. The van der Waals surface area contributed by atoms with Crippen molar-refractivity contribution in [2.45, 2.75) is 37.4 Å². The first-order valence-electron chi connectivity index (χ1n) is 12.2. The Hall–Kier alpha value is -4.00. The minimum atomic E-state index is -2.59. The van der Waals surface area contributed by atoms with E-state index in [1.54, 1.807) is 23.0 Å². The predicted molar refractivity (Wildman–Crippen MR) is 134 cm³/mol. The quantitative estimate of drug-likeness (QED) is 0.401. The van der Waals surface area contributed by atoms with Gasteiger partial charge in [0.2, 0.25) is 5.95 Å². The summed E-state index contributed by atoms with van der Waals surface area (Å²) in [6, 6.07) is 3.85. The summed E-state index contributed by atoms with van der Waals surface area (Å²) in [5, 5.41) is 10.3. The molecule has 4 fully saturated rings. The van der Waals surface area contributed by atoms with Gasteiger partial charge in [-0.3, -0.25) is 9.48 Å². The molecule has 10 nitrogen and oxygen atoms in total. The van der Waals surface area contributed by atoms with Gasteiger partial charge in [0.25, 0.3) is 12.3 Å². The third-order valence-corrected chi connectivity index (χ3v) is 9.26. The smallest absolute Gasteiger partial charge is 0.266 e. The molecule has 0 bridgehead atoms. The normalized spacial score (nSPS) is 27.7. The molecular weight excluding hydrogens is 512 g/mol. The number of aromatic nitrogens is 6. The number of amides is 1. The van der Waals surface area contributed by atoms with Crippen LogP contribution in [0.5, 0.6) is 0 Å². The second-order valence-electron chi connectivity index (χ2n) is 10.5. The average molecular weight is 534 g/mol. The maximum atomic E-state index is 13.4. The van der Waals surface area contributed by atoms with E-state index in [2.05, 4.69) is 35.3 Å². The number of piperazine rings is 1. The first-order chi connectivity index (χ1) is 18.3. The van der Waals surface area contributed by atoms with Crippen molar-refractivity contribution in [2.75, 3.05) is 16.8 Å². The minimum Gasteiger partial charge on any atom is -0.333 e. The van der Waals surface area contributed by atoms with Crippen molar-refractivity contribution in [2.24, 2.45) is 12.5 Å². The average Bonchev–Trinajstić information content (AvgIpc) is 3.35. The summed E-state index contributed by atoms with van der Waals surface area (Å²) in [6.07, 6.45) is 4.30. The molecule has 4 aliphatic rings. The summed E-state index contributed by atoms with van der Waals surface area (Å²) in [4.78, 5) is 34.9. The van der Waals surface area contributed by atoms with Crippen molar-refractivity contribution in [3.63, 3.8) is 0 Å². The molecule has 0 aromatic carbocycles. The van der Waals surface area contributed by atoms with Crippen LogP contribution < -0.4 is 10.2 Å². The predicted octanol–water partition coefficient (Wildman–Crippen LogP) is 3.57. The number of hydrogen-bond donors (Lipinski definition) is 1. The molecule has 2 saturated carbocycles. The Morgan fingerprint density at radius 1 is 1.18 bits per heavy atom. The van der Waals surface area contributed by atoms with Gasteiger partial charge in [0.05, 0.1) is 40.1 Å². The van der Waals surface area contributed by atoms with Gasteiger partial charge < -0.3 is 15.1 Å². The summed E-state index contributed by atoms with van der Waals surface area (Å²) in [6.45, 7) is 2.58. The molecule has 4 atom stereocenters. The van der Waals surface area contributed by atoms with E-state index in [1.165, 1.54) is 23.7 Å². The monoisotopic (exact) mass is 533 g/mol. The molecule has 1 spiro atoms. The van der Waals surface area contributed by atoms with Crippen molar-refractivity contribution in [1.82, 2.24) is 34.6 Å². The highest BCUT2D eigenvalue weighted by atomic mass is 32.1. The highest BCUT2D eigenvalue weighted by Gasteiger charge is 3.04. The number of anilines is 3. The van der Waals surface area contributed by atoms with Crippen molar-refractivity contribution in [1.29, 1.82) is 0 Å². The lowest BCUT2D eigenvalue weighted by molar-refractivity contribution is 0.0405. The first kappa shape index (κ1) is 22.0. The summed E-state index contributed by atoms with van der Waals surface area (Å²) in [5.74, 6) is 1.04. The molecule has 6 heterocycles. The lowest BCUT2D eigenvalue weighted by atomic mass is 10.0. The van der Waals surface area contributed by atoms with Crippen LogP contribution in [0.15, 0.2) is 42.3 Å². The highest BCUT2D eigenvalue weighted by molar-refractivity contribution is 7.14. The van der Waals surface area contributed by atoms with Crippen LogP contribution >= 0.6 is 11.3 Å². The Morgan fingerprint density at radius 2 is 2.00 bits per heavy atom. The van der Waals surface area contributed by atoms with Gasteiger partial charge in [-0.05, 0) is 25.5 Å². The molecule has 2 unspecified atom stereocenters. The number of alkyl halides is 2. The number of rotatable bonds is 6. The minimum absolute atomic E-state index is 0.0260. The lowest BCUT2D eigenvalue weighted by Crippen LogP contribution is -2.60. The molecule has 0 radical (unpaired) electrons. The second kappa shape index (κ2) is 7.10. The molecular formula is C25H21F2N9OS. The number of halogens is 2. The molecule has 192 valence electrons. The lowest BCUT2D eigenvalue weighted by Gasteiger charge is -2.44. The van der Waals surface area contributed by atoms with Crippen LogP contribution in [0.25, 0.3) is 11.3 Å². The number of aryl methyl sites for hydroxylation is 2. The largest absolute Gasteiger partial charge is 0.333 e. The SMILES string of the molecule is Cc1nn(C)cc1-c1csc(Nc2ccc(C(=O)N3[C@H]4C5N(c6ncc(C(F)F)cn6)C[C@]36CC546)cn2)n1. The van der Waals surface area contributed by atoms with Crippen LogP contribution in [0.2, 0.25) is 0 Å². The van der Waals surface area contributed by atoms with E-state index < -0.39 is 6.43 Å². The van der Waals surface area contributed by atoms with E-state index in [0.717, 1.165) is 23.4 Å². The summed E-state index contributed by atoms with van der Waals surface area (Å²) in [5.41, 5.74) is 3.02. The maximum absolute atomic E-state index is 13.4. The molecule has 38 heavy (non-hydrogen) atoms. The molecule has 4 aromatic rings. The van der Waals surface area contributed by atoms with Crippen LogP contribution in [-0.2, 0) is 7.05 Å². The van der Waals surface area contributed by atoms with Gasteiger partial charge in [-0.1, -0.05) is 0 Å². The molecule has 1 amide bonds. The van der Waals surface area contributed by atoms with E-state index in [0.29, 0.717) is 29.0 Å². The van der Waals surface area contributed by atoms with Crippen LogP contribution in [0.1, 0.15) is 34.5 Å².